The lowest BCUT2D eigenvalue weighted by atomic mass is 10.1. The van der Waals surface area contributed by atoms with Crippen LogP contribution in [0.25, 0.3) is 0 Å². The van der Waals surface area contributed by atoms with Crippen LogP contribution in [0.15, 0.2) is 59.5 Å². The Morgan fingerprint density at radius 2 is 1.85 bits per heavy atom. The molecule has 7 nitrogen and oxygen atoms in total. The van der Waals surface area contributed by atoms with E-state index in [-0.39, 0.29) is 23.0 Å². The van der Waals surface area contributed by atoms with Gasteiger partial charge in [-0.3, -0.25) is 9.59 Å². The Balaban J connectivity index is 1.93. The Bertz CT molecular complexity index is 998. The molecule has 0 radical (unpaired) electrons. The number of hydrogen-bond acceptors (Lipinski definition) is 5. The molecule has 0 fully saturated rings. The molecule has 1 aromatic carbocycles. The third kappa shape index (κ3) is 3.87. The average molecular weight is 364 g/mol. The molecule has 0 saturated heterocycles. The predicted octanol–water partition coefficient (Wildman–Crippen LogP) is 2.82. The number of anilines is 1. The van der Waals surface area contributed by atoms with Crippen molar-refractivity contribution in [2.75, 3.05) is 12.4 Å². The van der Waals surface area contributed by atoms with E-state index in [1.54, 1.807) is 35.9 Å². The molecule has 3 rings (SSSR count). The fourth-order valence-electron chi connectivity index (χ4n) is 2.79. The highest BCUT2D eigenvalue weighted by atomic mass is 16.5. The second kappa shape index (κ2) is 7.82. The Kier molecular flexibility index (Phi) is 5.30. The van der Waals surface area contributed by atoms with Crippen molar-refractivity contribution in [1.82, 2.24) is 14.8 Å². The number of nitrogens with one attached hydrogen (secondary N) is 1. The van der Waals surface area contributed by atoms with Gasteiger partial charge in [-0.1, -0.05) is 30.3 Å². The van der Waals surface area contributed by atoms with Crippen molar-refractivity contribution in [3.05, 3.63) is 81.8 Å². The van der Waals surface area contributed by atoms with E-state index < -0.39 is 5.91 Å². The van der Waals surface area contributed by atoms with Gasteiger partial charge in [0.2, 0.25) is 5.88 Å². The minimum Gasteiger partial charge on any atom is -0.480 e. The molecule has 2 aromatic heterocycles. The summed E-state index contributed by atoms with van der Waals surface area (Å²) in [6, 6.07) is 14.4. The lowest BCUT2D eigenvalue weighted by Crippen LogP contribution is -2.32. The number of hydrogen-bond donors (Lipinski definition) is 1. The number of ether oxygens (including phenoxy) is 1. The highest BCUT2D eigenvalue weighted by Gasteiger charge is 2.19. The number of carbonyl (C=O) groups excluding carboxylic acids is 1. The molecule has 2 heterocycles. The number of aryl methyl sites for hydroxylation is 1. The fourth-order valence-corrected chi connectivity index (χ4v) is 2.79. The number of benzene rings is 1. The van der Waals surface area contributed by atoms with Gasteiger partial charge in [0, 0.05) is 12.3 Å². The second-order valence-corrected chi connectivity index (χ2v) is 6.09. The first kappa shape index (κ1) is 18.3. The number of methoxy groups -OCH3 is 1. The van der Waals surface area contributed by atoms with Crippen LogP contribution in [-0.4, -0.2) is 27.8 Å². The van der Waals surface area contributed by atoms with E-state index in [0.29, 0.717) is 11.4 Å². The van der Waals surface area contributed by atoms with E-state index in [9.17, 15) is 9.59 Å². The summed E-state index contributed by atoms with van der Waals surface area (Å²) in [5.41, 5.74) is 1.30. The van der Waals surface area contributed by atoms with Crippen LogP contribution in [0.3, 0.4) is 0 Å². The van der Waals surface area contributed by atoms with Crippen molar-refractivity contribution in [3.63, 3.8) is 0 Å². The first-order valence-electron chi connectivity index (χ1n) is 8.47. The number of aromatic nitrogens is 3. The van der Waals surface area contributed by atoms with E-state index in [1.165, 1.54) is 7.11 Å². The largest absolute Gasteiger partial charge is 0.480 e. The Hall–Kier alpha value is -3.48. The van der Waals surface area contributed by atoms with E-state index >= 15 is 0 Å². The normalized spacial score (nSPS) is 11.7. The molecule has 0 aliphatic rings. The van der Waals surface area contributed by atoms with E-state index in [1.807, 2.05) is 37.3 Å². The van der Waals surface area contributed by atoms with Crippen molar-refractivity contribution in [3.8, 4) is 5.88 Å². The Labute approximate surface area is 156 Å². The molecule has 1 amide bonds. The van der Waals surface area contributed by atoms with Crippen LogP contribution in [0, 0.1) is 6.92 Å². The number of carbonyl (C=O) groups is 1. The monoisotopic (exact) mass is 364 g/mol. The number of rotatable bonds is 5. The molecular weight excluding hydrogens is 344 g/mol. The molecule has 0 bridgehead atoms. The van der Waals surface area contributed by atoms with Gasteiger partial charge in [0.25, 0.3) is 11.5 Å². The average Bonchev–Trinajstić information content (AvgIpc) is 2.69. The lowest BCUT2D eigenvalue weighted by Gasteiger charge is -2.17. The molecule has 0 spiro atoms. The molecule has 0 saturated carbocycles. The van der Waals surface area contributed by atoms with Crippen molar-refractivity contribution < 1.29 is 9.53 Å². The Morgan fingerprint density at radius 1 is 1.11 bits per heavy atom. The molecular formula is C20H20N4O3. The van der Waals surface area contributed by atoms with Gasteiger partial charge in [0.1, 0.15) is 5.56 Å². The number of amides is 1. The van der Waals surface area contributed by atoms with Gasteiger partial charge < -0.3 is 14.6 Å². The lowest BCUT2D eigenvalue weighted by molar-refractivity contribution is 0.102. The maximum atomic E-state index is 13.0. The van der Waals surface area contributed by atoms with Gasteiger partial charge in [0.15, 0.2) is 5.82 Å². The van der Waals surface area contributed by atoms with Gasteiger partial charge in [-0.15, -0.1) is 10.2 Å². The SMILES string of the molecule is COc1ccc(NC(=O)c2c(C)ccn(C(C)c3ccccc3)c2=O)nn1. The van der Waals surface area contributed by atoms with Gasteiger partial charge in [-0.2, -0.15) is 0 Å². The maximum Gasteiger partial charge on any atom is 0.264 e. The third-order valence-electron chi connectivity index (χ3n) is 4.34. The van der Waals surface area contributed by atoms with Gasteiger partial charge in [-0.25, -0.2) is 0 Å². The molecule has 1 N–H and O–H groups in total. The van der Waals surface area contributed by atoms with Crippen molar-refractivity contribution in [2.24, 2.45) is 0 Å². The van der Waals surface area contributed by atoms with Crippen LogP contribution < -0.4 is 15.6 Å². The summed E-state index contributed by atoms with van der Waals surface area (Å²) in [4.78, 5) is 25.7. The fraction of sp³-hybridized carbons (Fsp3) is 0.200. The first-order chi connectivity index (χ1) is 13.0. The number of nitrogens with zero attached hydrogens (tertiary/aromatic N) is 3. The molecule has 3 aromatic rings. The summed E-state index contributed by atoms with van der Waals surface area (Å²) in [5, 5.41) is 10.3. The minimum absolute atomic E-state index is 0.0814. The highest BCUT2D eigenvalue weighted by molar-refractivity contribution is 6.04. The van der Waals surface area contributed by atoms with E-state index in [4.69, 9.17) is 4.74 Å². The van der Waals surface area contributed by atoms with Gasteiger partial charge in [-0.05, 0) is 37.1 Å². The molecule has 1 unspecified atom stereocenters. The summed E-state index contributed by atoms with van der Waals surface area (Å²) >= 11 is 0. The third-order valence-corrected chi connectivity index (χ3v) is 4.34. The summed E-state index contributed by atoms with van der Waals surface area (Å²) in [6.07, 6.45) is 1.71. The van der Waals surface area contributed by atoms with E-state index in [0.717, 1.165) is 5.56 Å². The van der Waals surface area contributed by atoms with Gasteiger partial charge in [0.05, 0.1) is 13.2 Å². The molecule has 0 aliphatic carbocycles. The van der Waals surface area contributed by atoms with Crippen LogP contribution in [0.1, 0.15) is 34.5 Å². The van der Waals surface area contributed by atoms with Crippen molar-refractivity contribution in [1.29, 1.82) is 0 Å². The zero-order chi connectivity index (χ0) is 19.4. The second-order valence-electron chi connectivity index (χ2n) is 6.09. The molecule has 0 aliphatic heterocycles. The Morgan fingerprint density at radius 3 is 2.48 bits per heavy atom. The van der Waals surface area contributed by atoms with Crippen LogP contribution in [0.2, 0.25) is 0 Å². The summed E-state index contributed by atoms with van der Waals surface area (Å²) in [6.45, 7) is 3.65. The summed E-state index contributed by atoms with van der Waals surface area (Å²) in [7, 11) is 1.48. The van der Waals surface area contributed by atoms with Crippen LogP contribution >= 0.6 is 0 Å². The zero-order valence-corrected chi connectivity index (χ0v) is 15.3. The quantitative estimate of drug-likeness (QED) is 0.752. The first-order valence-corrected chi connectivity index (χ1v) is 8.47. The molecule has 7 heteroatoms. The zero-order valence-electron chi connectivity index (χ0n) is 15.3. The van der Waals surface area contributed by atoms with E-state index in [2.05, 4.69) is 15.5 Å². The van der Waals surface area contributed by atoms with Crippen LogP contribution in [-0.2, 0) is 0 Å². The minimum atomic E-state index is -0.522. The van der Waals surface area contributed by atoms with Gasteiger partial charge >= 0.3 is 0 Å². The highest BCUT2D eigenvalue weighted by Crippen LogP contribution is 2.17. The van der Waals surface area contributed by atoms with Crippen LogP contribution in [0.5, 0.6) is 5.88 Å². The maximum absolute atomic E-state index is 13.0. The molecule has 138 valence electrons. The standard InChI is InChI=1S/C20H20N4O3/c1-13-11-12-24(14(2)15-7-5-4-6-8-15)20(26)18(13)19(25)21-16-9-10-17(27-3)23-22-16/h4-12,14H,1-3H3,(H,21,22,25). The van der Waals surface area contributed by atoms with Crippen molar-refractivity contribution in [2.45, 2.75) is 19.9 Å². The molecule has 1 atom stereocenters. The smallest absolute Gasteiger partial charge is 0.264 e. The summed E-state index contributed by atoms with van der Waals surface area (Å²) in [5.74, 6) is 0.0561. The number of pyridine rings is 1. The van der Waals surface area contributed by atoms with Crippen LogP contribution in [0.4, 0.5) is 5.82 Å². The van der Waals surface area contributed by atoms with Crippen molar-refractivity contribution >= 4 is 11.7 Å². The topological polar surface area (TPSA) is 86.1 Å². The molecule has 27 heavy (non-hydrogen) atoms. The predicted molar refractivity (Wildman–Crippen MR) is 102 cm³/mol. The summed E-state index contributed by atoms with van der Waals surface area (Å²) < 4.78 is 6.49.